The molecule has 1 saturated carbocycles. The van der Waals surface area contributed by atoms with Gasteiger partial charge < -0.3 is 10.5 Å². The first kappa shape index (κ1) is 15.8. The molecule has 0 aromatic rings. The normalized spacial score (nSPS) is 27.5. The third kappa shape index (κ3) is 3.85. The lowest BCUT2D eigenvalue weighted by Gasteiger charge is -2.42. The molecule has 1 rings (SSSR count). The molecule has 0 amide bonds. The molecular formula is C13H24N4O2. The molecule has 108 valence electrons. The van der Waals surface area contributed by atoms with Crippen LogP contribution in [0.15, 0.2) is 5.11 Å². The standard InChI is InChI=1S/C13H24N4O2/c1-12(2,3)19-11(18)13(9-14)7-5-4-6-10(13)8-16-17-15/h10H,4-9,14H2,1-3H3. The van der Waals surface area contributed by atoms with Gasteiger partial charge >= 0.3 is 5.97 Å². The Morgan fingerprint density at radius 1 is 1.53 bits per heavy atom. The molecule has 6 nitrogen and oxygen atoms in total. The van der Waals surface area contributed by atoms with Gasteiger partial charge in [0.25, 0.3) is 0 Å². The Morgan fingerprint density at radius 3 is 2.74 bits per heavy atom. The molecule has 2 unspecified atom stereocenters. The van der Waals surface area contributed by atoms with Gasteiger partial charge in [-0.3, -0.25) is 4.79 Å². The van der Waals surface area contributed by atoms with Gasteiger partial charge in [-0.25, -0.2) is 0 Å². The lowest BCUT2D eigenvalue weighted by atomic mass is 9.66. The molecule has 0 saturated heterocycles. The molecule has 1 aliphatic carbocycles. The minimum Gasteiger partial charge on any atom is -0.459 e. The average molecular weight is 268 g/mol. The van der Waals surface area contributed by atoms with Crippen molar-refractivity contribution in [3.8, 4) is 0 Å². The Bertz CT molecular complexity index is 371. The van der Waals surface area contributed by atoms with E-state index in [0.29, 0.717) is 13.0 Å². The second-order valence-electron chi connectivity index (χ2n) is 6.22. The smallest absolute Gasteiger partial charge is 0.314 e. The molecule has 0 aliphatic heterocycles. The highest BCUT2D eigenvalue weighted by molar-refractivity contribution is 5.78. The number of esters is 1. The molecule has 0 aromatic carbocycles. The highest BCUT2D eigenvalue weighted by Gasteiger charge is 2.47. The number of azide groups is 1. The fraction of sp³-hybridized carbons (Fsp3) is 0.923. The van der Waals surface area contributed by atoms with Crippen LogP contribution >= 0.6 is 0 Å². The summed E-state index contributed by atoms with van der Waals surface area (Å²) >= 11 is 0. The monoisotopic (exact) mass is 268 g/mol. The molecule has 19 heavy (non-hydrogen) atoms. The summed E-state index contributed by atoms with van der Waals surface area (Å²) in [6, 6.07) is 0. The van der Waals surface area contributed by atoms with Gasteiger partial charge in [0, 0.05) is 18.0 Å². The number of hydrogen-bond donors (Lipinski definition) is 1. The molecular weight excluding hydrogens is 244 g/mol. The van der Waals surface area contributed by atoms with Gasteiger partial charge in [0.15, 0.2) is 0 Å². The molecule has 6 heteroatoms. The molecule has 2 N–H and O–H groups in total. The van der Waals surface area contributed by atoms with E-state index in [-0.39, 0.29) is 18.4 Å². The number of rotatable bonds is 4. The van der Waals surface area contributed by atoms with Crippen LogP contribution in [-0.4, -0.2) is 24.7 Å². The number of hydrogen-bond acceptors (Lipinski definition) is 4. The van der Waals surface area contributed by atoms with Crippen molar-refractivity contribution in [1.29, 1.82) is 0 Å². The summed E-state index contributed by atoms with van der Waals surface area (Å²) in [6.07, 6.45) is 3.57. The van der Waals surface area contributed by atoms with Gasteiger partial charge in [0.05, 0.1) is 5.41 Å². The first-order valence-electron chi connectivity index (χ1n) is 6.80. The van der Waals surface area contributed by atoms with Crippen molar-refractivity contribution < 1.29 is 9.53 Å². The predicted octanol–water partition coefficient (Wildman–Crippen LogP) is 2.77. The summed E-state index contributed by atoms with van der Waals surface area (Å²) < 4.78 is 5.53. The Labute approximate surface area is 114 Å². The summed E-state index contributed by atoms with van der Waals surface area (Å²) in [5.41, 5.74) is 13.1. The van der Waals surface area contributed by atoms with Crippen LogP contribution in [0.5, 0.6) is 0 Å². The largest absolute Gasteiger partial charge is 0.459 e. The predicted molar refractivity (Wildman–Crippen MR) is 73.3 cm³/mol. The SMILES string of the molecule is CC(C)(C)OC(=O)C1(CN)CCCCC1CN=[N+]=[N-]. The maximum Gasteiger partial charge on any atom is 0.314 e. The Balaban J connectivity index is 2.95. The average Bonchev–Trinajstić information content (AvgIpc) is 2.34. The van der Waals surface area contributed by atoms with Crippen LogP contribution in [0.25, 0.3) is 10.4 Å². The number of ether oxygens (including phenoxy) is 1. The van der Waals surface area contributed by atoms with Gasteiger partial charge in [-0.05, 0) is 45.1 Å². The number of nitrogens with two attached hydrogens (primary N) is 1. The summed E-state index contributed by atoms with van der Waals surface area (Å²) in [4.78, 5) is 15.3. The lowest BCUT2D eigenvalue weighted by molar-refractivity contribution is -0.173. The maximum atomic E-state index is 12.5. The second kappa shape index (κ2) is 6.26. The van der Waals surface area contributed by atoms with E-state index in [1.165, 1.54) is 0 Å². The van der Waals surface area contributed by atoms with Crippen LogP contribution in [0, 0.1) is 11.3 Å². The molecule has 1 fully saturated rings. The van der Waals surface area contributed by atoms with Crippen LogP contribution in [0.3, 0.4) is 0 Å². The second-order valence-corrected chi connectivity index (χ2v) is 6.22. The quantitative estimate of drug-likeness (QED) is 0.367. The van der Waals surface area contributed by atoms with Crippen LogP contribution in [0.1, 0.15) is 46.5 Å². The van der Waals surface area contributed by atoms with Crippen molar-refractivity contribution in [2.24, 2.45) is 22.2 Å². The van der Waals surface area contributed by atoms with Crippen molar-refractivity contribution in [1.82, 2.24) is 0 Å². The molecule has 0 heterocycles. The summed E-state index contributed by atoms with van der Waals surface area (Å²) in [5.74, 6) is -0.266. The van der Waals surface area contributed by atoms with Crippen molar-refractivity contribution in [3.63, 3.8) is 0 Å². The van der Waals surface area contributed by atoms with Crippen LogP contribution in [-0.2, 0) is 9.53 Å². The lowest BCUT2D eigenvalue weighted by Crippen LogP contribution is -2.50. The minimum atomic E-state index is -0.695. The third-order valence-corrected chi connectivity index (χ3v) is 3.74. The number of nitrogens with zero attached hydrogens (tertiary/aromatic N) is 3. The fourth-order valence-corrected chi connectivity index (χ4v) is 2.71. The number of carbonyl (C=O) groups excluding carboxylic acids is 1. The van der Waals surface area contributed by atoms with Gasteiger partial charge in [0.1, 0.15) is 5.60 Å². The van der Waals surface area contributed by atoms with Gasteiger partial charge in [-0.1, -0.05) is 18.0 Å². The Hall–Kier alpha value is -1.26. The van der Waals surface area contributed by atoms with Gasteiger partial charge in [-0.15, -0.1) is 0 Å². The molecule has 0 spiro atoms. The maximum absolute atomic E-state index is 12.5. The molecule has 0 bridgehead atoms. The van der Waals surface area contributed by atoms with Crippen LogP contribution in [0.2, 0.25) is 0 Å². The first-order chi connectivity index (χ1) is 8.85. The van der Waals surface area contributed by atoms with E-state index in [1.807, 2.05) is 20.8 Å². The third-order valence-electron chi connectivity index (χ3n) is 3.74. The first-order valence-corrected chi connectivity index (χ1v) is 6.80. The van der Waals surface area contributed by atoms with Crippen molar-refractivity contribution in [2.45, 2.75) is 52.1 Å². The molecule has 1 aliphatic rings. The van der Waals surface area contributed by atoms with E-state index < -0.39 is 11.0 Å². The van der Waals surface area contributed by atoms with Crippen molar-refractivity contribution in [3.05, 3.63) is 10.4 Å². The Kier molecular flexibility index (Phi) is 5.20. The topological polar surface area (TPSA) is 101 Å². The molecule has 0 aromatic heterocycles. The van der Waals surface area contributed by atoms with Crippen LogP contribution < -0.4 is 5.73 Å². The zero-order valence-corrected chi connectivity index (χ0v) is 12.1. The summed E-state index contributed by atoms with van der Waals surface area (Å²) in [7, 11) is 0. The van der Waals surface area contributed by atoms with E-state index in [1.54, 1.807) is 0 Å². The van der Waals surface area contributed by atoms with Gasteiger partial charge in [-0.2, -0.15) is 0 Å². The summed E-state index contributed by atoms with van der Waals surface area (Å²) in [5, 5.41) is 3.63. The highest BCUT2D eigenvalue weighted by atomic mass is 16.6. The molecule has 0 radical (unpaired) electrons. The van der Waals surface area contributed by atoms with Crippen molar-refractivity contribution in [2.75, 3.05) is 13.1 Å². The fourth-order valence-electron chi connectivity index (χ4n) is 2.71. The highest BCUT2D eigenvalue weighted by Crippen LogP contribution is 2.42. The minimum absolute atomic E-state index is 0.0167. The zero-order chi connectivity index (χ0) is 14.5. The summed E-state index contributed by atoms with van der Waals surface area (Å²) in [6.45, 7) is 6.10. The number of carbonyl (C=O) groups is 1. The van der Waals surface area contributed by atoms with E-state index in [4.69, 9.17) is 16.0 Å². The van der Waals surface area contributed by atoms with Crippen molar-refractivity contribution >= 4 is 5.97 Å². The van der Waals surface area contributed by atoms with Crippen LogP contribution in [0.4, 0.5) is 0 Å². The van der Waals surface area contributed by atoms with E-state index in [9.17, 15) is 4.79 Å². The zero-order valence-electron chi connectivity index (χ0n) is 12.1. The molecule has 2 atom stereocenters. The van der Waals surface area contributed by atoms with E-state index in [2.05, 4.69) is 10.0 Å². The van der Waals surface area contributed by atoms with E-state index in [0.717, 1.165) is 19.3 Å². The van der Waals surface area contributed by atoms with Gasteiger partial charge in [0.2, 0.25) is 0 Å². The Morgan fingerprint density at radius 2 is 2.21 bits per heavy atom. The van der Waals surface area contributed by atoms with E-state index >= 15 is 0 Å².